The van der Waals surface area contributed by atoms with Crippen molar-refractivity contribution in [2.75, 3.05) is 6.79 Å². The molecule has 0 amide bonds. The maximum absolute atomic E-state index is 13.0. The van der Waals surface area contributed by atoms with Gasteiger partial charge in [0.2, 0.25) is 6.79 Å². The van der Waals surface area contributed by atoms with Gasteiger partial charge in [-0.25, -0.2) is 4.39 Å². The van der Waals surface area contributed by atoms with E-state index >= 15 is 0 Å². The third-order valence-corrected chi connectivity index (χ3v) is 3.77. The molecule has 0 bridgehead atoms. The summed E-state index contributed by atoms with van der Waals surface area (Å²) in [7, 11) is 0. The molecule has 21 heavy (non-hydrogen) atoms. The van der Waals surface area contributed by atoms with Crippen molar-refractivity contribution in [1.82, 2.24) is 0 Å². The van der Waals surface area contributed by atoms with Gasteiger partial charge in [0.25, 0.3) is 0 Å². The van der Waals surface area contributed by atoms with Gasteiger partial charge in [0.15, 0.2) is 17.8 Å². The maximum atomic E-state index is 13.0. The summed E-state index contributed by atoms with van der Waals surface area (Å²) >= 11 is 3.27. The van der Waals surface area contributed by atoms with Crippen LogP contribution >= 0.6 is 15.9 Å². The SMILES string of the molecule is O=Cc1cc2c(cc1OCc1ccc(F)cc1Br)OCO2. The average Bonchev–Trinajstić information content (AvgIpc) is 2.92. The number of carbonyl (C=O) groups is 1. The minimum absolute atomic E-state index is 0.126. The quantitative estimate of drug-likeness (QED) is 0.787. The number of ether oxygens (including phenoxy) is 3. The van der Waals surface area contributed by atoms with Crippen molar-refractivity contribution in [2.24, 2.45) is 0 Å². The van der Waals surface area contributed by atoms with Crippen LogP contribution in [0, 0.1) is 5.82 Å². The van der Waals surface area contributed by atoms with Crippen LogP contribution in [-0.2, 0) is 6.61 Å². The lowest BCUT2D eigenvalue weighted by Crippen LogP contribution is -1.99. The number of carbonyl (C=O) groups excluding carboxylic acids is 1. The first-order valence-electron chi connectivity index (χ1n) is 6.13. The van der Waals surface area contributed by atoms with Crippen LogP contribution in [0.5, 0.6) is 17.2 Å². The molecular weight excluding hydrogens is 343 g/mol. The molecule has 1 aliphatic heterocycles. The summed E-state index contributed by atoms with van der Waals surface area (Å²) in [6, 6.07) is 7.52. The molecule has 0 saturated carbocycles. The predicted molar refractivity (Wildman–Crippen MR) is 76.4 cm³/mol. The average molecular weight is 353 g/mol. The van der Waals surface area contributed by atoms with E-state index in [4.69, 9.17) is 14.2 Å². The van der Waals surface area contributed by atoms with Gasteiger partial charge in [-0.2, -0.15) is 0 Å². The second kappa shape index (κ2) is 5.73. The Morgan fingerprint density at radius 1 is 1.24 bits per heavy atom. The Morgan fingerprint density at radius 2 is 2.00 bits per heavy atom. The van der Waals surface area contributed by atoms with Gasteiger partial charge in [-0.3, -0.25) is 4.79 Å². The summed E-state index contributed by atoms with van der Waals surface area (Å²) in [6.07, 6.45) is 0.691. The van der Waals surface area contributed by atoms with Crippen LogP contribution in [0.3, 0.4) is 0 Å². The van der Waals surface area contributed by atoms with Crippen LogP contribution in [0.4, 0.5) is 4.39 Å². The zero-order chi connectivity index (χ0) is 14.8. The lowest BCUT2D eigenvalue weighted by molar-refractivity contribution is 0.111. The van der Waals surface area contributed by atoms with Gasteiger partial charge < -0.3 is 14.2 Å². The van der Waals surface area contributed by atoms with E-state index in [1.54, 1.807) is 18.2 Å². The molecule has 0 saturated heterocycles. The molecule has 2 aromatic carbocycles. The first-order valence-corrected chi connectivity index (χ1v) is 6.92. The summed E-state index contributed by atoms with van der Waals surface area (Å²) in [5, 5.41) is 0. The Balaban J connectivity index is 1.83. The van der Waals surface area contributed by atoms with Gasteiger partial charge in [0, 0.05) is 16.1 Å². The van der Waals surface area contributed by atoms with E-state index in [0.717, 1.165) is 5.56 Å². The van der Waals surface area contributed by atoms with Crippen LogP contribution in [0.2, 0.25) is 0 Å². The molecule has 0 N–H and O–H groups in total. The van der Waals surface area contributed by atoms with Crippen molar-refractivity contribution in [3.8, 4) is 17.2 Å². The van der Waals surface area contributed by atoms with E-state index in [1.807, 2.05) is 0 Å². The summed E-state index contributed by atoms with van der Waals surface area (Å²) in [5.41, 5.74) is 1.14. The molecule has 0 aromatic heterocycles. The van der Waals surface area contributed by atoms with Gasteiger partial charge >= 0.3 is 0 Å². The number of hydrogen-bond acceptors (Lipinski definition) is 4. The molecule has 2 aromatic rings. The fraction of sp³-hybridized carbons (Fsp3) is 0.133. The molecule has 0 atom stereocenters. The van der Waals surface area contributed by atoms with Gasteiger partial charge in [-0.1, -0.05) is 22.0 Å². The van der Waals surface area contributed by atoms with E-state index in [-0.39, 0.29) is 19.2 Å². The van der Waals surface area contributed by atoms with Gasteiger partial charge in [-0.05, 0) is 18.2 Å². The lowest BCUT2D eigenvalue weighted by atomic mass is 10.2. The van der Waals surface area contributed by atoms with E-state index in [9.17, 15) is 9.18 Å². The second-order valence-corrected chi connectivity index (χ2v) is 5.24. The fourth-order valence-corrected chi connectivity index (χ4v) is 2.42. The van der Waals surface area contributed by atoms with Crippen molar-refractivity contribution in [3.05, 3.63) is 51.7 Å². The monoisotopic (exact) mass is 352 g/mol. The highest BCUT2D eigenvalue weighted by Gasteiger charge is 2.18. The molecule has 6 heteroatoms. The number of aldehydes is 1. The first kappa shape index (κ1) is 13.9. The van der Waals surface area contributed by atoms with Crippen molar-refractivity contribution in [1.29, 1.82) is 0 Å². The zero-order valence-corrected chi connectivity index (χ0v) is 12.4. The number of halogens is 2. The molecule has 108 valence electrons. The molecule has 4 nitrogen and oxygen atoms in total. The Bertz CT molecular complexity index is 702. The molecule has 0 unspecified atom stereocenters. The number of hydrogen-bond donors (Lipinski definition) is 0. The summed E-state index contributed by atoms with van der Waals surface area (Å²) < 4.78 is 29.7. The summed E-state index contributed by atoms with van der Waals surface area (Å²) in [6.45, 7) is 0.321. The Kier molecular flexibility index (Phi) is 3.79. The summed E-state index contributed by atoms with van der Waals surface area (Å²) in [4.78, 5) is 11.1. The lowest BCUT2D eigenvalue weighted by Gasteiger charge is -2.10. The van der Waals surface area contributed by atoms with Crippen LogP contribution < -0.4 is 14.2 Å². The van der Waals surface area contributed by atoms with E-state index in [1.165, 1.54) is 12.1 Å². The number of rotatable bonds is 4. The van der Waals surface area contributed by atoms with Crippen LogP contribution in [-0.4, -0.2) is 13.1 Å². The Labute approximate surface area is 128 Å². The van der Waals surface area contributed by atoms with Crippen molar-refractivity contribution in [3.63, 3.8) is 0 Å². The minimum atomic E-state index is -0.331. The third kappa shape index (κ3) is 2.85. The molecule has 0 fully saturated rings. The van der Waals surface area contributed by atoms with Gasteiger partial charge in [0.05, 0.1) is 5.56 Å². The predicted octanol–water partition coefficient (Wildman–Crippen LogP) is 3.71. The Morgan fingerprint density at radius 3 is 2.71 bits per heavy atom. The second-order valence-electron chi connectivity index (χ2n) is 4.39. The first-order chi connectivity index (χ1) is 10.2. The standard InChI is InChI=1S/C15H10BrFO4/c16-12-4-11(17)2-1-9(12)7-19-13-5-15-14(20-8-21-15)3-10(13)6-18/h1-6H,7-8H2. The van der Waals surface area contributed by atoms with E-state index in [0.29, 0.717) is 33.6 Å². The zero-order valence-electron chi connectivity index (χ0n) is 10.8. The normalized spacial score (nSPS) is 12.3. The van der Waals surface area contributed by atoms with Crippen LogP contribution in [0.15, 0.2) is 34.8 Å². The van der Waals surface area contributed by atoms with Crippen molar-refractivity contribution in [2.45, 2.75) is 6.61 Å². The highest BCUT2D eigenvalue weighted by Crippen LogP contribution is 2.37. The minimum Gasteiger partial charge on any atom is -0.488 e. The van der Waals surface area contributed by atoms with Crippen molar-refractivity contribution >= 4 is 22.2 Å². The molecule has 0 radical (unpaired) electrons. The molecule has 0 aliphatic carbocycles. The highest BCUT2D eigenvalue weighted by molar-refractivity contribution is 9.10. The Hall–Kier alpha value is -2.08. The molecule has 0 spiro atoms. The third-order valence-electron chi connectivity index (χ3n) is 3.03. The largest absolute Gasteiger partial charge is 0.488 e. The summed E-state index contributed by atoms with van der Waals surface area (Å²) in [5.74, 6) is 1.12. The van der Waals surface area contributed by atoms with E-state index < -0.39 is 0 Å². The molecule has 1 heterocycles. The van der Waals surface area contributed by atoms with Crippen LogP contribution in [0.1, 0.15) is 15.9 Å². The number of benzene rings is 2. The highest BCUT2D eigenvalue weighted by atomic mass is 79.9. The van der Waals surface area contributed by atoms with E-state index in [2.05, 4.69) is 15.9 Å². The molecular formula is C15H10BrFO4. The molecule has 1 aliphatic rings. The van der Waals surface area contributed by atoms with Crippen molar-refractivity contribution < 1.29 is 23.4 Å². The van der Waals surface area contributed by atoms with Gasteiger partial charge in [0.1, 0.15) is 18.2 Å². The number of fused-ring (bicyclic) bond motifs is 1. The fourth-order valence-electron chi connectivity index (χ4n) is 1.95. The topological polar surface area (TPSA) is 44.8 Å². The smallest absolute Gasteiger partial charge is 0.231 e. The molecule has 3 rings (SSSR count). The van der Waals surface area contributed by atoms with Crippen LogP contribution in [0.25, 0.3) is 0 Å². The maximum Gasteiger partial charge on any atom is 0.231 e. The van der Waals surface area contributed by atoms with Gasteiger partial charge in [-0.15, -0.1) is 0 Å².